The molecule has 0 bridgehead atoms. The summed E-state index contributed by atoms with van der Waals surface area (Å²) in [5.41, 5.74) is -1.86. The molecule has 0 saturated carbocycles. The van der Waals surface area contributed by atoms with Gasteiger partial charge in [-0.2, -0.15) is 0 Å². The van der Waals surface area contributed by atoms with Gasteiger partial charge in [0.05, 0.1) is 0 Å². The largest absolute Gasteiger partial charge is 0.480 e. The van der Waals surface area contributed by atoms with Gasteiger partial charge in [0, 0.05) is 0 Å². The summed E-state index contributed by atoms with van der Waals surface area (Å²) in [5.74, 6) is -2.73. The second-order valence-electron chi connectivity index (χ2n) is 2.89. The Balaban J connectivity index is 5.14. The van der Waals surface area contributed by atoms with Crippen LogP contribution in [0, 0.1) is 5.41 Å². The smallest absolute Gasteiger partial charge is 0.325 e. The van der Waals surface area contributed by atoms with Gasteiger partial charge in [-0.3, -0.25) is 9.59 Å². The molecule has 0 spiro atoms. The lowest BCUT2D eigenvalue weighted by Crippen LogP contribution is -2.37. The van der Waals surface area contributed by atoms with E-state index in [0.717, 1.165) is 0 Å². The number of hydrogen-bond acceptors (Lipinski definition) is 2. The molecule has 0 radical (unpaired) electrons. The summed E-state index contributed by atoms with van der Waals surface area (Å²) in [6.45, 7) is 5.16. The lowest BCUT2D eigenvalue weighted by atomic mass is 9.84. The molecular weight excluding hydrogens is 184 g/mol. The van der Waals surface area contributed by atoms with Gasteiger partial charge >= 0.3 is 11.9 Å². The molecule has 0 heterocycles. The third-order valence-electron chi connectivity index (χ3n) is 1.87. The van der Waals surface area contributed by atoms with Crippen molar-refractivity contribution in [1.29, 1.82) is 0 Å². The molecule has 78 valence electrons. The van der Waals surface area contributed by atoms with E-state index in [1.54, 1.807) is 6.92 Å². The van der Waals surface area contributed by atoms with E-state index in [-0.39, 0.29) is 6.42 Å². The van der Waals surface area contributed by atoms with Gasteiger partial charge in [0.1, 0.15) is 0 Å². The molecule has 14 heavy (non-hydrogen) atoms. The molecular formula is C10H14O4. The fourth-order valence-electron chi connectivity index (χ4n) is 1.02. The standard InChI is InChI=1S/C10H14O4/c1-3-5-7-10(6-4-2,8(11)12)9(13)14/h4-5,7H,2-3,6H2,1H3,(H,11,12)(H,13,14). The summed E-state index contributed by atoms with van der Waals surface area (Å²) in [6, 6.07) is 0. The Hall–Kier alpha value is -1.58. The molecule has 0 saturated heterocycles. The number of rotatable bonds is 6. The second kappa shape index (κ2) is 5.21. The van der Waals surface area contributed by atoms with Crippen LogP contribution in [0.5, 0.6) is 0 Å². The molecule has 0 atom stereocenters. The Bertz CT molecular complexity index is 251. The quantitative estimate of drug-likeness (QED) is 0.503. The van der Waals surface area contributed by atoms with E-state index in [9.17, 15) is 9.59 Å². The van der Waals surface area contributed by atoms with Crippen molar-refractivity contribution in [2.75, 3.05) is 0 Å². The molecule has 0 aliphatic heterocycles. The van der Waals surface area contributed by atoms with Crippen molar-refractivity contribution >= 4 is 11.9 Å². The van der Waals surface area contributed by atoms with Gasteiger partial charge in [-0.15, -0.1) is 6.58 Å². The first-order valence-electron chi connectivity index (χ1n) is 4.26. The maximum absolute atomic E-state index is 10.9. The molecule has 0 aliphatic carbocycles. The van der Waals surface area contributed by atoms with Gasteiger partial charge in [0.25, 0.3) is 0 Å². The van der Waals surface area contributed by atoms with Crippen molar-refractivity contribution in [3.05, 3.63) is 24.8 Å². The van der Waals surface area contributed by atoms with E-state index >= 15 is 0 Å². The second-order valence-corrected chi connectivity index (χ2v) is 2.89. The van der Waals surface area contributed by atoms with Crippen LogP contribution in [0.4, 0.5) is 0 Å². The Morgan fingerprint density at radius 1 is 1.36 bits per heavy atom. The summed E-state index contributed by atoms with van der Waals surface area (Å²) in [5, 5.41) is 17.7. The Morgan fingerprint density at radius 2 is 1.86 bits per heavy atom. The summed E-state index contributed by atoms with van der Waals surface area (Å²) in [7, 11) is 0. The first-order chi connectivity index (χ1) is 6.51. The van der Waals surface area contributed by atoms with Crippen molar-refractivity contribution in [3.8, 4) is 0 Å². The van der Waals surface area contributed by atoms with Crippen LogP contribution in [0.25, 0.3) is 0 Å². The van der Waals surface area contributed by atoms with Crippen LogP contribution < -0.4 is 0 Å². The van der Waals surface area contributed by atoms with Crippen LogP contribution in [0.15, 0.2) is 24.8 Å². The van der Waals surface area contributed by atoms with Crippen LogP contribution in [0.3, 0.4) is 0 Å². The third kappa shape index (κ3) is 2.45. The number of hydrogen-bond donors (Lipinski definition) is 2. The minimum Gasteiger partial charge on any atom is -0.480 e. The molecule has 0 unspecified atom stereocenters. The zero-order valence-corrected chi connectivity index (χ0v) is 8.06. The molecule has 0 rings (SSSR count). The molecule has 0 aromatic heterocycles. The summed E-state index contributed by atoms with van der Waals surface area (Å²) >= 11 is 0. The average Bonchev–Trinajstić information content (AvgIpc) is 2.11. The van der Waals surface area contributed by atoms with E-state index in [1.807, 2.05) is 0 Å². The van der Waals surface area contributed by atoms with Crippen LogP contribution in [0.1, 0.15) is 19.8 Å². The predicted molar refractivity (Wildman–Crippen MR) is 51.9 cm³/mol. The molecule has 4 heteroatoms. The van der Waals surface area contributed by atoms with Crippen LogP contribution >= 0.6 is 0 Å². The first kappa shape index (κ1) is 12.4. The van der Waals surface area contributed by atoms with Gasteiger partial charge < -0.3 is 10.2 Å². The van der Waals surface area contributed by atoms with Gasteiger partial charge in [0.15, 0.2) is 5.41 Å². The Labute approximate surface area is 82.6 Å². The predicted octanol–water partition coefficient (Wildman–Crippen LogP) is 1.68. The molecule has 4 nitrogen and oxygen atoms in total. The molecule has 0 aromatic carbocycles. The van der Waals surface area contributed by atoms with Crippen molar-refractivity contribution in [2.45, 2.75) is 19.8 Å². The number of carbonyl (C=O) groups is 2. The van der Waals surface area contributed by atoms with Crippen LogP contribution in [0.2, 0.25) is 0 Å². The Morgan fingerprint density at radius 3 is 2.14 bits per heavy atom. The lowest BCUT2D eigenvalue weighted by Gasteiger charge is -2.18. The average molecular weight is 198 g/mol. The topological polar surface area (TPSA) is 74.6 Å². The molecule has 0 aromatic rings. The monoisotopic (exact) mass is 198 g/mol. The maximum atomic E-state index is 10.9. The Kier molecular flexibility index (Phi) is 4.63. The van der Waals surface area contributed by atoms with E-state index < -0.39 is 17.4 Å². The van der Waals surface area contributed by atoms with E-state index in [1.165, 1.54) is 18.2 Å². The van der Waals surface area contributed by atoms with Gasteiger partial charge in [-0.25, -0.2) is 0 Å². The number of carboxylic acids is 2. The van der Waals surface area contributed by atoms with E-state index in [2.05, 4.69) is 6.58 Å². The fraction of sp³-hybridized carbons (Fsp3) is 0.400. The SMILES string of the molecule is C=CCC(C=CCC)(C(=O)O)C(=O)O. The van der Waals surface area contributed by atoms with Gasteiger partial charge in [-0.05, 0) is 12.8 Å². The highest BCUT2D eigenvalue weighted by Crippen LogP contribution is 2.25. The zero-order valence-electron chi connectivity index (χ0n) is 8.06. The highest BCUT2D eigenvalue weighted by molar-refractivity contribution is 6.00. The molecule has 0 aliphatic rings. The van der Waals surface area contributed by atoms with Crippen molar-refractivity contribution in [2.24, 2.45) is 5.41 Å². The summed E-state index contributed by atoms with van der Waals surface area (Å²) < 4.78 is 0. The van der Waals surface area contributed by atoms with Crippen molar-refractivity contribution in [3.63, 3.8) is 0 Å². The number of aliphatic carboxylic acids is 2. The number of allylic oxidation sites excluding steroid dienone is 2. The minimum atomic E-state index is -1.86. The first-order valence-corrected chi connectivity index (χ1v) is 4.26. The van der Waals surface area contributed by atoms with Crippen molar-refractivity contribution < 1.29 is 19.8 Å². The summed E-state index contributed by atoms with van der Waals surface area (Å²) in [4.78, 5) is 21.8. The van der Waals surface area contributed by atoms with E-state index in [0.29, 0.717) is 6.42 Å². The minimum absolute atomic E-state index is 0.117. The highest BCUT2D eigenvalue weighted by Gasteiger charge is 2.42. The van der Waals surface area contributed by atoms with Crippen LogP contribution in [-0.2, 0) is 9.59 Å². The molecule has 0 fully saturated rings. The highest BCUT2D eigenvalue weighted by atomic mass is 16.4. The summed E-state index contributed by atoms with van der Waals surface area (Å²) in [6.07, 6.45) is 4.51. The molecule has 0 amide bonds. The van der Waals surface area contributed by atoms with Crippen molar-refractivity contribution in [1.82, 2.24) is 0 Å². The zero-order chi connectivity index (χ0) is 11.2. The fourth-order valence-corrected chi connectivity index (χ4v) is 1.02. The van der Waals surface area contributed by atoms with E-state index in [4.69, 9.17) is 10.2 Å². The van der Waals surface area contributed by atoms with Gasteiger partial charge in [-0.1, -0.05) is 25.2 Å². The lowest BCUT2D eigenvalue weighted by molar-refractivity contribution is -0.160. The maximum Gasteiger partial charge on any atom is 0.325 e. The molecule has 2 N–H and O–H groups in total. The number of carboxylic acid groups (broad SMARTS) is 2. The van der Waals surface area contributed by atoms with Gasteiger partial charge in [0.2, 0.25) is 0 Å². The van der Waals surface area contributed by atoms with Crippen LogP contribution in [-0.4, -0.2) is 22.2 Å². The third-order valence-corrected chi connectivity index (χ3v) is 1.87. The normalized spacial score (nSPS) is 11.5.